The lowest BCUT2D eigenvalue weighted by molar-refractivity contribution is -0.120. The van der Waals surface area contributed by atoms with Gasteiger partial charge in [0.15, 0.2) is 0 Å². The highest BCUT2D eigenvalue weighted by atomic mass is 16.2. The van der Waals surface area contributed by atoms with Crippen LogP contribution in [0.25, 0.3) is 0 Å². The van der Waals surface area contributed by atoms with Crippen LogP contribution in [0.5, 0.6) is 0 Å². The first-order valence-electron chi connectivity index (χ1n) is 4.12. The molecule has 0 rings (SSSR count). The zero-order valence-corrected chi connectivity index (χ0v) is 7.18. The number of carbonyl (C=O) groups excluding carboxylic acids is 1. The van der Waals surface area contributed by atoms with Crippen LogP contribution in [0.1, 0.15) is 25.7 Å². The Hall–Kier alpha value is -1.01. The van der Waals surface area contributed by atoms with E-state index in [1.54, 1.807) is 0 Å². The second-order valence-corrected chi connectivity index (χ2v) is 2.52. The highest BCUT2D eigenvalue weighted by Gasteiger charge is 1.97. The summed E-state index contributed by atoms with van der Waals surface area (Å²) in [4.78, 5) is 10.9. The van der Waals surface area contributed by atoms with Crippen LogP contribution in [0.3, 0.4) is 0 Å². The summed E-state index contributed by atoms with van der Waals surface area (Å²) in [5.74, 6) is 2.32. The molecular formula is C9H15NO2. The van der Waals surface area contributed by atoms with E-state index in [4.69, 9.17) is 11.5 Å². The summed E-state index contributed by atoms with van der Waals surface area (Å²) in [5.41, 5.74) is 0. The van der Waals surface area contributed by atoms with Crippen molar-refractivity contribution in [2.24, 2.45) is 0 Å². The number of carbonyl (C=O) groups is 1. The molecule has 12 heavy (non-hydrogen) atoms. The number of terminal acetylenes is 1. The lowest BCUT2D eigenvalue weighted by Gasteiger charge is -2.00. The van der Waals surface area contributed by atoms with Gasteiger partial charge in [-0.2, -0.15) is 0 Å². The molecule has 68 valence electrons. The molecule has 1 amide bonds. The Kier molecular flexibility index (Phi) is 7.41. The third-order valence-electron chi connectivity index (χ3n) is 1.45. The molecular weight excluding hydrogens is 154 g/mol. The summed E-state index contributed by atoms with van der Waals surface area (Å²) in [6, 6.07) is 0. The van der Waals surface area contributed by atoms with Crippen LogP contribution >= 0.6 is 0 Å². The fourth-order valence-electron chi connectivity index (χ4n) is 0.812. The van der Waals surface area contributed by atoms with Gasteiger partial charge in [-0.25, -0.2) is 0 Å². The van der Waals surface area contributed by atoms with Gasteiger partial charge in [0.1, 0.15) is 0 Å². The summed E-state index contributed by atoms with van der Waals surface area (Å²) < 4.78 is 0. The number of unbranched alkanes of at least 4 members (excludes halogenated alkanes) is 2. The van der Waals surface area contributed by atoms with E-state index in [9.17, 15) is 4.79 Å². The summed E-state index contributed by atoms with van der Waals surface area (Å²) in [5, 5.41) is 11.0. The number of rotatable bonds is 6. The van der Waals surface area contributed by atoms with Crippen molar-refractivity contribution >= 4 is 5.91 Å². The normalized spacial score (nSPS) is 9.00. The lowest BCUT2D eigenvalue weighted by Crippen LogP contribution is -2.22. The molecule has 0 aromatic carbocycles. The topological polar surface area (TPSA) is 49.3 Å². The maximum Gasteiger partial charge on any atom is 0.220 e. The lowest BCUT2D eigenvalue weighted by atomic mass is 10.2. The number of hydrogen-bond donors (Lipinski definition) is 2. The molecule has 0 bridgehead atoms. The van der Waals surface area contributed by atoms with Crippen LogP contribution in [0.4, 0.5) is 0 Å². The van der Waals surface area contributed by atoms with Crippen molar-refractivity contribution in [1.82, 2.24) is 5.32 Å². The van der Waals surface area contributed by atoms with Gasteiger partial charge in [-0.15, -0.1) is 6.42 Å². The molecule has 0 radical (unpaired) electrons. The minimum atomic E-state index is -0.00844. The maximum atomic E-state index is 10.9. The van der Waals surface area contributed by atoms with Crippen molar-refractivity contribution < 1.29 is 9.90 Å². The molecule has 0 aromatic rings. The van der Waals surface area contributed by atoms with Crippen LogP contribution in [0, 0.1) is 12.3 Å². The Morgan fingerprint density at radius 2 is 2.17 bits per heavy atom. The number of aliphatic hydroxyl groups is 1. The van der Waals surface area contributed by atoms with Crippen molar-refractivity contribution in [3.8, 4) is 12.3 Å². The van der Waals surface area contributed by atoms with Crippen molar-refractivity contribution in [3.63, 3.8) is 0 Å². The minimum Gasteiger partial charge on any atom is -0.396 e. The van der Waals surface area contributed by atoms with E-state index in [0.717, 1.165) is 19.3 Å². The zero-order chi connectivity index (χ0) is 9.23. The predicted octanol–water partition coefficient (Wildman–Crippen LogP) is 0.288. The fraction of sp³-hybridized carbons (Fsp3) is 0.667. The van der Waals surface area contributed by atoms with Gasteiger partial charge in [0.25, 0.3) is 0 Å². The van der Waals surface area contributed by atoms with Gasteiger partial charge in [-0.05, 0) is 12.8 Å². The Balaban J connectivity index is 3.15. The van der Waals surface area contributed by atoms with Gasteiger partial charge >= 0.3 is 0 Å². The van der Waals surface area contributed by atoms with Crippen molar-refractivity contribution in [2.75, 3.05) is 13.2 Å². The first-order chi connectivity index (χ1) is 5.81. The molecule has 0 unspecified atom stereocenters. The number of hydrogen-bond acceptors (Lipinski definition) is 2. The van der Waals surface area contributed by atoms with Gasteiger partial charge in [-0.1, -0.05) is 12.3 Å². The minimum absolute atomic E-state index is 0.00844. The number of aliphatic hydroxyl groups excluding tert-OH is 1. The molecule has 0 aliphatic carbocycles. The van der Waals surface area contributed by atoms with E-state index < -0.39 is 0 Å². The second-order valence-electron chi connectivity index (χ2n) is 2.52. The average Bonchev–Trinajstić information content (AvgIpc) is 2.09. The van der Waals surface area contributed by atoms with E-state index in [2.05, 4.69) is 11.2 Å². The molecule has 0 saturated carbocycles. The van der Waals surface area contributed by atoms with Gasteiger partial charge in [0, 0.05) is 13.0 Å². The van der Waals surface area contributed by atoms with Crippen LogP contribution in [-0.4, -0.2) is 24.2 Å². The largest absolute Gasteiger partial charge is 0.396 e. The highest BCUT2D eigenvalue weighted by Crippen LogP contribution is 1.98. The Bertz CT molecular complexity index is 160. The van der Waals surface area contributed by atoms with Gasteiger partial charge in [0.2, 0.25) is 5.91 Å². The van der Waals surface area contributed by atoms with Crippen molar-refractivity contribution in [3.05, 3.63) is 0 Å². The molecule has 0 saturated heterocycles. The summed E-state index contributed by atoms with van der Waals surface area (Å²) in [6.07, 6.45) is 7.93. The molecule has 0 heterocycles. The molecule has 0 spiro atoms. The molecule has 0 aliphatic heterocycles. The third-order valence-corrected chi connectivity index (χ3v) is 1.45. The van der Waals surface area contributed by atoms with Crippen LogP contribution in [0.2, 0.25) is 0 Å². The van der Waals surface area contributed by atoms with E-state index in [1.165, 1.54) is 0 Å². The van der Waals surface area contributed by atoms with Gasteiger partial charge in [-0.3, -0.25) is 4.79 Å². The molecule has 2 N–H and O–H groups in total. The zero-order valence-electron chi connectivity index (χ0n) is 7.18. The highest BCUT2D eigenvalue weighted by molar-refractivity contribution is 5.76. The standard InChI is InChI=1S/C9H15NO2/c1-2-7-10-9(12)6-4-3-5-8-11/h1,11H,3-8H2,(H,10,12). The van der Waals surface area contributed by atoms with Gasteiger partial charge < -0.3 is 10.4 Å². The Morgan fingerprint density at radius 1 is 1.42 bits per heavy atom. The van der Waals surface area contributed by atoms with E-state index in [1.807, 2.05) is 0 Å². The Morgan fingerprint density at radius 3 is 2.75 bits per heavy atom. The smallest absolute Gasteiger partial charge is 0.220 e. The van der Waals surface area contributed by atoms with Gasteiger partial charge in [0.05, 0.1) is 6.54 Å². The first-order valence-corrected chi connectivity index (χ1v) is 4.12. The number of amides is 1. The number of nitrogens with one attached hydrogen (secondary N) is 1. The van der Waals surface area contributed by atoms with E-state index in [0.29, 0.717) is 13.0 Å². The second kappa shape index (κ2) is 8.09. The molecule has 0 fully saturated rings. The predicted molar refractivity (Wildman–Crippen MR) is 47.4 cm³/mol. The SMILES string of the molecule is C#CCNC(=O)CCCCCO. The third kappa shape index (κ3) is 7.10. The Labute approximate surface area is 73.2 Å². The van der Waals surface area contributed by atoms with Crippen LogP contribution in [0.15, 0.2) is 0 Å². The quantitative estimate of drug-likeness (QED) is 0.443. The molecule has 0 aromatic heterocycles. The fourth-order valence-corrected chi connectivity index (χ4v) is 0.812. The van der Waals surface area contributed by atoms with Crippen LogP contribution in [-0.2, 0) is 4.79 Å². The monoisotopic (exact) mass is 169 g/mol. The van der Waals surface area contributed by atoms with Crippen molar-refractivity contribution in [2.45, 2.75) is 25.7 Å². The van der Waals surface area contributed by atoms with Crippen LogP contribution < -0.4 is 5.32 Å². The van der Waals surface area contributed by atoms with E-state index in [-0.39, 0.29) is 12.5 Å². The van der Waals surface area contributed by atoms with E-state index >= 15 is 0 Å². The summed E-state index contributed by atoms with van der Waals surface area (Å²) >= 11 is 0. The average molecular weight is 169 g/mol. The molecule has 3 heteroatoms. The summed E-state index contributed by atoms with van der Waals surface area (Å²) in [6.45, 7) is 0.505. The molecule has 0 aliphatic rings. The first kappa shape index (κ1) is 11.0. The maximum absolute atomic E-state index is 10.9. The summed E-state index contributed by atoms with van der Waals surface area (Å²) in [7, 11) is 0. The molecule has 0 atom stereocenters. The van der Waals surface area contributed by atoms with Crippen molar-refractivity contribution in [1.29, 1.82) is 0 Å². The molecule has 3 nitrogen and oxygen atoms in total.